The summed E-state index contributed by atoms with van der Waals surface area (Å²) in [5.41, 5.74) is 7.55. The zero-order valence-electron chi connectivity index (χ0n) is 11.7. The van der Waals surface area contributed by atoms with E-state index in [4.69, 9.17) is 5.73 Å². The highest BCUT2D eigenvalue weighted by Crippen LogP contribution is 2.22. The molecule has 2 N–H and O–H groups in total. The van der Waals surface area contributed by atoms with Gasteiger partial charge in [-0.2, -0.15) is 0 Å². The smallest absolute Gasteiger partial charge is 0.126 e. The first kappa shape index (κ1) is 15.1. The molecule has 0 amide bonds. The molecule has 0 aliphatic heterocycles. The first-order chi connectivity index (χ1) is 8.63. The van der Waals surface area contributed by atoms with Crippen molar-refractivity contribution in [1.82, 2.24) is 4.90 Å². The van der Waals surface area contributed by atoms with E-state index < -0.39 is 0 Å². The molecule has 102 valence electrons. The van der Waals surface area contributed by atoms with E-state index in [1.807, 2.05) is 12.1 Å². The normalized spacial score (nSPS) is 13.0. The average Bonchev–Trinajstić information content (AvgIpc) is 2.38. The van der Waals surface area contributed by atoms with Crippen molar-refractivity contribution < 1.29 is 4.39 Å². The molecule has 0 bridgehead atoms. The van der Waals surface area contributed by atoms with Gasteiger partial charge >= 0.3 is 0 Å². The summed E-state index contributed by atoms with van der Waals surface area (Å²) in [7, 11) is 0. The number of hydrogen-bond donors (Lipinski definition) is 1. The van der Waals surface area contributed by atoms with Gasteiger partial charge in [-0.15, -0.1) is 0 Å². The molecular formula is C15H25FN2. The highest BCUT2D eigenvalue weighted by Gasteiger charge is 2.17. The Morgan fingerprint density at radius 2 is 2.06 bits per heavy atom. The Labute approximate surface area is 110 Å². The van der Waals surface area contributed by atoms with Gasteiger partial charge in [0.25, 0.3) is 0 Å². The van der Waals surface area contributed by atoms with Crippen LogP contribution in [0.1, 0.15) is 43.9 Å². The largest absolute Gasteiger partial charge is 0.329 e. The summed E-state index contributed by atoms with van der Waals surface area (Å²) >= 11 is 0. The Kier molecular flexibility index (Phi) is 6.30. The molecule has 0 aliphatic carbocycles. The summed E-state index contributed by atoms with van der Waals surface area (Å²) in [5.74, 6) is -0.141. The summed E-state index contributed by atoms with van der Waals surface area (Å²) in [6.07, 6.45) is 2.31. The minimum atomic E-state index is -0.141. The molecule has 1 aromatic rings. The van der Waals surface area contributed by atoms with Gasteiger partial charge in [0.15, 0.2) is 0 Å². The first-order valence-corrected chi connectivity index (χ1v) is 6.84. The van der Waals surface area contributed by atoms with Crippen LogP contribution in [0.15, 0.2) is 18.2 Å². The summed E-state index contributed by atoms with van der Waals surface area (Å²) in [5, 5.41) is 0. The molecule has 1 aromatic carbocycles. The number of rotatable bonds is 7. The fourth-order valence-electron chi connectivity index (χ4n) is 2.21. The van der Waals surface area contributed by atoms with Crippen molar-refractivity contribution in [3.05, 3.63) is 35.1 Å². The van der Waals surface area contributed by atoms with Gasteiger partial charge in [0.05, 0.1) is 0 Å². The molecule has 0 spiro atoms. The average molecular weight is 252 g/mol. The Morgan fingerprint density at radius 1 is 1.33 bits per heavy atom. The maximum Gasteiger partial charge on any atom is 0.126 e. The summed E-state index contributed by atoms with van der Waals surface area (Å²) in [4.78, 5) is 2.33. The molecule has 0 aromatic heterocycles. The highest BCUT2D eigenvalue weighted by atomic mass is 19.1. The van der Waals surface area contributed by atoms with Gasteiger partial charge in [-0.1, -0.05) is 32.4 Å². The Balaban J connectivity index is 2.88. The molecule has 18 heavy (non-hydrogen) atoms. The van der Waals surface area contributed by atoms with E-state index in [2.05, 4.69) is 18.7 Å². The van der Waals surface area contributed by atoms with E-state index >= 15 is 0 Å². The van der Waals surface area contributed by atoms with Crippen LogP contribution in [-0.2, 0) is 0 Å². The molecule has 1 rings (SSSR count). The lowest BCUT2D eigenvalue weighted by molar-refractivity contribution is 0.209. The highest BCUT2D eigenvalue weighted by molar-refractivity contribution is 5.26. The van der Waals surface area contributed by atoms with Gasteiger partial charge in [-0.25, -0.2) is 4.39 Å². The molecule has 0 saturated carbocycles. The molecule has 3 heteroatoms. The van der Waals surface area contributed by atoms with Crippen molar-refractivity contribution in [3.63, 3.8) is 0 Å². The van der Waals surface area contributed by atoms with Crippen LogP contribution in [-0.4, -0.2) is 24.5 Å². The quantitative estimate of drug-likeness (QED) is 0.807. The molecule has 0 aliphatic rings. The molecule has 0 saturated heterocycles. The number of likely N-dealkylation sites (N-methyl/N-ethyl adjacent to an activating group) is 1. The third-order valence-corrected chi connectivity index (χ3v) is 3.45. The predicted molar refractivity (Wildman–Crippen MR) is 75.1 cm³/mol. The number of benzene rings is 1. The maximum atomic E-state index is 13.6. The number of unbranched alkanes of at least 4 members (excludes halogenated alkanes) is 1. The van der Waals surface area contributed by atoms with Crippen LogP contribution < -0.4 is 5.73 Å². The van der Waals surface area contributed by atoms with Gasteiger partial charge in [0.2, 0.25) is 0 Å². The molecule has 2 nitrogen and oxygen atoms in total. The van der Waals surface area contributed by atoms with Crippen LogP contribution in [0.4, 0.5) is 4.39 Å². The first-order valence-electron chi connectivity index (χ1n) is 6.84. The molecule has 1 unspecified atom stereocenters. The van der Waals surface area contributed by atoms with Crippen LogP contribution in [0.5, 0.6) is 0 Å². The monoisotopic (exact) mass is 252 g/mol. The van der Waals surface area contributed by atoms with Crippen molar-refractivity contribution in [2.45, 2.75) is 39.7 Å². The number of halogens is 1. The number of hydrogen-bond acceptors (Lipinski definition) is 2. The summed E-state index contributed by atoms with van der Waals surface area (Å²) < 4.78 is 13.6. The minimum Gasteiger partial charge on any atom is -0.329 e. The molecule has 1 atom stereocenters. The second-order valence-electron chi connectivity index (χ2n) is 4.74. The zero-order valence-corrected chi connectivity index (χ0v) is 11.7. The van der Waals surface area contributed by atoms with Gasteiger partial charge in [-0.05, 0) is 43.6 Å². The second-order valence-corrected chi connectivity index (χ2v) is 4.74. The lowest BCUT2D eigenvalue weighted by Gasteiger charge is -2.30. The van der Waals surface area contributed by atoms with Crippen molar-refractivity contribution in [1.29, 1.82) is 0 Å². The lowest BCUT2D eigenvalue weighted by Crippen LogP contribution is -2.34. The van der Waals surface area contributed by atoms with E-state index in [9.17, 15) is 4.39 Å². The van der Waals surface area contributed by atoms with Gasteiger partial charge in [0, 0.05) is 12.6 Å². The van der Waals surface area contributed by atoms with Gasteiger partial charge in [0.1, 0.15) is 5.82 Å². The van der Waals surface area contributed by atoms with Crippen molar-refractivity contribution in [2.75, 3.05) is 19.6 Å². The van der Waals surface area contributed by atoms with E-state index in [-0.39, 0.29) is 11.9 Å². The SMILES string of the molecule is CCCCN(CC)C(CN)c1ccc(C)c(F)c1. The van der Waals surface area contributed by atoms with Crippen LogP contribution in [0, 0.1) is 12.7 Å². The predicted octanol–water partition coefficient (Wildman–Crippen LogP) is 3.26. The summed E-state index contributed by atoms with van der Waals surface area (Å²) in [6, 6.07) is 5.57. The minimum absolute atomic E-state index is 0.122. The number of nitrogens with two attached hydrogens (primary N) is 1. The van der Waals surface area contributed by atoms with Crippen molar-refractivity contribution >= 4 is 0 Å². The van der Waals surface area contributed by atoms with E-state index in [1.165, 1.54) is 0 Å². The maximum absolute atomic E-state index is 13.6. The second kappa shape index (κ2) is 7.49. The molecule has 0 fully saturated rings. The fraction of sp³-hybridized carbons (Fsp3) is 0.600. The molecule has 0 radical (unpaired) electrons. The van der Waals surface area contributed by atoms with Crippen LogP contribution >= 0.6 is 0 Å². The van der Waals surface area contributed by atoms with E-state index in [1.54, 1.807) is 13.0 Å². The Hall–Kier alpha value is -0.930. The third kappa shape index (κ3) is 3.79. The van der Waals surface area contributed by atoms with E-state index in [0.29, 0.717) is 12.1 Å². The van der Waals surface area contributed by atoms with Gasteiger partial charge < -0.3 is 5.73 Å². The van der Waals surface area contributed by atoms with Gasteiger partial charge in [-0.3, -0.25) is 4.90 Å². The Morgan fingerprint density at radius 3 is 2.56 bits per heavy atom. The van der Waals surface area contributed by atoms with Crippen LogP contribution in [0.25, 0.3) is 0 Å². The van der Waals surface area contributed by atoms with Crippen LogP contribution in [0.2, 0.25) is 0 Å². The van der Waals surface area contributed by atoms with Crippen LogP contribution in [0.3, 0.4) is 0 Å². The topological polar surface area (TPSA) is 29.3 Å². The molecular weight excluding hydrogens is 227 g/mol. The standard InChI is InChI=1S/C15H25FN2/c1-4-6-9-18(5-2)15(11-17)13-8-7-12(3)14(16)10-13/h7-8,10,15H,4-6,9,11,17H2,1-3H3. The zero-order chi connectivity index (χ0) is 13.5. The number of nitrogens with zero attached hydrogens (tertiary/aromatic N) is 1. The number of aryl methyl sites for hydroxylation is 1. The lowest BCUT2D eigenvalue weighted by atomic mass is 10.0. The van der Waals surface area contributed by atoms with E-state index in [0.717, 1.165) is 31.5 Å². The fourth-order valence-corrected chi connectivity index (χ4v) is 2.21. The molecule has 0 heterocycles. The Bertz CT molecular complexity index is 366. The summed E-state index contributed by atoms with van der Waals surface area (Å²) in [6.45, 7) is 8.58. The van der Waals surface area contributed by atoms with Crippen molar-refractivity contribution in [2.24, 2.45) is 5.73 Å². The van der Waals surface area contributed by atoms with Crippen molar-refractivity contribution in [3.8, 4) is 0 Å². The third-order valence-electron chi connectivity index (χ3n) is 3.45.